The average Bonchev–Trinajstić information content (AvgIpc) is 3.19. The molecule has 0 aromatic carbocycles. The van der Waals surface area contributed by atoms with E-state index in [1.807, 2.05) is 0 Å². The SMILES string of the molecule is O=C(C[C@@H](CCCC1CCCCC1)c1nc(-c2cncnc2)no1)NO. The molecule has 1 aliphatic rings. The molecule has 0 saturated heterocycles. The van der Waals surface area contributed by atoms with Crippen molar-refractivity contribution in [3.63, 3.8) is 0 Å². The lowest BCUT2D eigenvalue weighted by Crippen LogP contribution is -2.21. The highest BCUT2D eigenvalue weighted by molar-refractivity contribution is 5.75. The van der Waals surface area contributed by atoms with Crippen LogP contribution in [-0.2, 0) is 4.79 Å². The quantitative estimate of drug-likeness (QED) is 0.549. The van der Waals surface area contributed by atoms with Crippen LogP contribution in [0.1, 0.15) is 69.6 Å². The van der Waals surface area contributed by atoms with E-state index < -0.39 is 5.91 Å². The Morgan fingerprint density at radius 3 is 2.77 bits per heavy atom. The highest BCUT2D eigenvalue weighted by Gasteiger charge is 2.23. The van der Waals surface area contributed by atoms with Gasteiger partial charge < -0.3 is 4.52 Å². The standard InChI is InChI=1S/C18H25N5O3/c24-16(22-25)9-14(8-4-7-13-5-2-1-3-6-13)18-21-17(23-26-18)15-10-19-12-20-11-15/h10-14,25H,1-9H2,(H,22,24)/t14-/m1/s1. The molecule has 0 spiro atoms. The lowest BCUT2D eigenvalue weighted by molar-refractivity contribution is -0.129. The molecule has 0 radical (unpaired) electrons. The summed E-state index contributed by atoms with van der Waals surface area (Å²) in [6, 6.07) is 0. The minimum atomic E-state index is -0.449. The zero-order valence-corrected chi connectivity index (χ0v) is 14.8. The highest BCUT2D eigenvalue weighted by atomic mass is 16.5. The Morgan fingerprint density at radius 1 is 1.27 bits per heavy atom. The van der Waals surface area contributed by atoms with E-state index in [9.17, 15) is 4.79 Å². The Labute approximate surface area is 152 Å². The lowest BCUT2D eigenvalue weighted by Gasteiger charge is -2.22. The van der Waals surface area contributed by atoms with Gasteiger partial charge in [-0.25, -0.2) is 15.4 Å². The van der Waals surface area contributed by atoms with Crippen LogP contribution in [-0.4, -0.2) is 31.2 Å². The van der Waals surface area contributed by atoms with Gasteiger partial charge in [-0.1, -0.05) is 50.1 Å². The summed E-state index contributed by atoms with van der Waals surface area (Å²) in [5, 5.41) is 12.8. The average molecular weight is 359 g/mol. The van der Waals surface area contributed by atoms with E-state index in [4.69, 9.17) is 9.73 Å². The van der Waals surface area contributed by atoms with E-state index in [-0.39, 0.29) is 12.3 Å². The molecule has 1 amide bonds. The lowest BCUT2D eigenvalue weighted by atomic mass is 9.84. The maximum absolute atomic E-state index is 11.7. The van der Waals surface area contributed by atoms with Gasteiger partial charge in [0.1, 0.15) is 6.33 Å². The Hall–Kier alpha value is -2.35. The molecule has 8 heteroatoms. The molecule has 3 rings (SSSR count). The number of hydrogen-bond donors (Lipinski definition) is 2. The smallest absolute Gasteiger partial charge is 0.244 e. The predicted octanol–water partition coefficient (Wildman–Crippen LogP) is 3.26. The second-order valence-electron chi connectivity index (χ2n) is 6.95. The van der Waals surface area contributed by atoms with E-state index in [2.05, 4.69) is 20.1 Å². The number of hydroxylamine groups is 1. The number of carbonyl (C=O) groups is 1. The van der Waals surface area contributed by atoms with Gasteiger partial charge in [-0.05, 0) is 12.3 Å². The van der Waals surface area contributed by atoms with Crippen molar-refractivity contribution in [1.82, 2.24) is 25.6 Å². The van der Waals surface area contributed by atoms with E-state index in [0.717, 1.165) is 25.2 Å². The third-order valence-electron chi connectivity index (χ3n) is 5.06. The molecule has 0 bridgehead atoms. The van der Waals surface area contributed by atoms with Crippen LogP contribution in [0.4, 0.5) is 0 Å². The molecule has 1 aliphatic carbocycles. The van der Waals surface area contributed by atoms with Crippen LogP contribution < -0.4 is 5.48 Å². The molecule has 0 aliphatic heterocycles. The molecule has 26 heavy (non-hydrogen) atoms. The maximum atomic E-state index is 11.7. The van der Waals surface area contributed by atoms with Crippen molar-refractivity contribution < 1.29 is 14.5 Å². The van der Waals surface area contributed by atoms with Crippen LogP contribution >= 0.6 is 0 Å². The number of amides is 1. The van der Waals surface area contributed by atoms with E-state index in [0.29, 0.717) is 17.3 Å². The summed E-state index contributed by atoms with van der Waals surface area (Å²) in [6.45, 7) is 0. The zero-order chi connectivity index (χ0) is 18.2. The van der Waals surface area contributed by atoms with Gasteiger partial charge in [0.15, 0.2) is 0 Å². The van der Waals surface area contributed by atoms with Gasteiger partial charge >= 0.3 is 0 Å². The van der Waals surface area contributed by atoms with Crippen molar-refractivity contribution in [3.05, 3.63) is 24.6 Å². The third-order valence-corrected chi connectivity index (χ3v) is 5.06. The number of nitrogens with zero attached hydrogens (tertiary/aromatic N) is 4. The van der Waals surface area contributed by atoms with Crippen molar-refractivity contribution in [2.24, 2.45) is 5.92 Å². The normalized spacial score (nSPS) is 16.3. The van der Waals surface area contributed by atoms with Gasteiger partial charge in [0.05, 0.1) is 5.56 Å². The van der Waals surface area contributed by atoms with Gasteiger partial charge in [0, 0.05) is 24.7 Å². The van der Waals surface area contributed by atoms with Gasteiger partial charge in [-0.2, -0.15) is 4.98 Å². The largest absolute Gasteiger partial charge is 0.339 e. The van der Waals surface area contributed by atoms with E-state index in [1.165, 1.54) is 38.4 Å². The van der Waals surface area contributed by atoms with Gasteiger partial charge in [-0.15, -0.1) is 0 Å². The zero-order valence-electron chi connectivity index (χ0n) is 14.8. The summed E-state index contributed by atoms with van der Waals surface area (Å²) in [4.78, 5) is 24.0. The van der Waals surface area contributed by atoms with E-state index in [1.54, 1.807) is 17.9 Å². The first-order chi connectivity index (χ1) is 12.8. The molecule has 8 nitrogen and oxygen atoms in total. The Kier molecular flexibility index (Phi) is 6.65. The third kappa shape index (κ3) is 5.08. The summed E-state index contributed by atoms with van der Waals surface area (Å²) < 4.78 is 5.39. The van der Waals surface area contributed by atoms with Crippen LogP contribution in [0.25, 0.3) is 11.4 Å². The molecular weight excluding hydrogens is 334 g/mol. The number of hydrogen-bond acceptors (Lipinski definition) is 7. The van der Waals surface area contributed by atoms with Crippen LogP contribution in [0.2, 0.25) is 0 Å². The van der Waals surface area contributed by atoms with E-state index >= 15 is 0 Å². The predicted molar refractivity (Wildman–Crippen MR) is 93.0 cm³/mol. The van der Waals surface area contributed by atoms with Crippen LogP contribution in [0, 0.1) is 5.92 Å². The summed E-state index contributed by atoms with van der Waals surface area (Å²) in [5.74, 6) is 0.946. The highest BCUT2D eigenvalue weighted by Crippen LogP contribution is 2.31. The summed E-state index contributed by atoms with van der Waals surface area (Å²) in [6.07, 6.45) is 14.3. The first kappa shape index (κ1) is 18.4. The van der Waals surface area contributed by atoms with Crippen molar-refractivity contribution >= 4 is 5.91 Å². The van der Waals surface area contributed by atoms with Crippen molar-refractivity contribution in [2.75, 3.05) is 0 Å². The number of rotatable bonds is 8. The fourth-order valence-electron chi connectivity index (χ4n) is 3.64. The molecular formula is C18H25N5O3. The monoisotopic (exact) mass is 359 g/mol. The maximum Gasteiger partial charge on any atom is 0.244 e. The van der Waals surface area contributed by atoms with Gasteiger partial charge in [0.25, 0.3) is 0 Å². The molecule has 1 fully saturated rings. The fraction of sp³-hybridized carbons (Fsp3) is 0.611. The van der Waals surface area contributed by atoms with Crippen LogP contribution in [0.15, 0.2) is 23.2 Å². The molecule has 1 saturated carbocycles. The Bertz CT molecular complexity index is 685. The van der Waals surface area contributed by atoms with Crippen LogP contribution in [0.3, 0.4) is 0 Å². The summed E-state index contributed by atoms with van der Waals surface area (Å²) >= 11 is 0. The summed E-state index contributed by atoms with van der Waals surface area (Å²) in [7, 11) is 0. The topological polar surface area (TPSA) is 114 Å². The van der Waals surface area contributed by atoms with Crippen LogP contribution in [0.5, 0.6) is 0 Å². The van der Waals surface area contributed by atoms with Gasteiger partial charge in [-0.3, -0.25) is 10.0 Å². The first-order valence-electron chi connectivity index (χ1n) is 9.28. The molecule has 0 unspecified atom stereocenters. The van der Waals surface area contributed by atoms with Crippen molar-refractivity contribution in [3.8, 4) is 11.4 Å². The first-order valence-corrected chi connectivity index (χ1v) is 9.28. The summed E-state index contributed by atoms with van der Waals surface area (Å²) in [5.41, 5.74) is 2.36. The molecule has 2 aromatic rings. The van der Waals surface area contributed by atoms with Crippen molar-refractivity contribution in [2.45, 2.75) is 63.7 Å². The molecule has 1 atom stereocenters. The number of aromatic nitrogens is 4. The fourth-order valence-corrected chi connectivity index (χ4v) is 3.64. The Balaban J connectivity index is 1.63. The molecule has 2 N–H and O–H groups in total. The second kappa shape index (κ2) is 9.38. The molecule has 2 heterocycles. The minimum Gasteiger partial charge on any atom is -0.339 e. The molecule has 140 valence electrons. The number of carbonyl (C=O) groups excluding carboxylic acids is 1. The minimum absolute atomic E-state index is 0.119. The Morgan fingerprint density at radius 2 is 2.04 bits per heavy atom. The van der Waals surface area contributed by atoms with Crippen molar-refractivity contribution in [1.29, 1.82) is 0 Å². The second-order valence-corrected chi connectivity index (χ2v) is 6.95. The molecule has 2 aromatic heterocycles. The van der Waals surface area contributed by atoms with Gasteiger partial charge in [0.2, 0.25) is 17.6 Å². The number of nitrogens with one attached hydrogen (secondary N) is 1.